The molecule has 0 aliphatic heterocycles. The Hall–Kier alpha value is -1.73. The van der Waals surface area contributed by atoms with Crippen molar-refractivity contribution in [1.29, 1.82) is 0 Å². The van der Waals surface area contributed by atoms with Crippen molar-refractivity contribution >= 4 is 17.5 Å². The van der Waals surface area contributed by atoms with Gasteiger partial charge >= 0.3 is 0 Å². The summed E-state index contributed by atoms with van der Waals surface area (Å²) in [6, 6.07) is 2.02. The topological polar surface area (TPSA) is 80.0 Å². The Kier molecular flexibility index (Phi) is 5.46. The van der Waals surface area contributed by atoms with Gasteiger partial charge in [0.05, 0.1) is 6.61 Å². The van der Waals surface area contributed by atoms with E-state index in [1.807, 2.05) is 4.90 Å². The molecular formula is C13H19ClN6O. The molecular weight excluding hydrogens is 292 g/mol. The number of halogens is 1. The third-order valence-electron chi connectivity index (χ3n) is 3.27. The van der Waals surface area contributed by atoms with Crippen LogP contribution in [-0.2, 0) is 0 Å². The molecule has 0 fully saturated rings. The Balaban J connectivity index is 2.40. The lowest BCUT2D eigenvalue weighted by atomic mass is 10.1. The van der Waals surface area contributed by atoms with Crippen molar-refractivity contribution in [2.45, 2.75) is 32.7 Å². The highest BCUT2D eigenvalue weighted by Gasteiger charge is 2.20. The SMILES string of the molecule is CCC(CC)N(CCO)c1nc(Cl)nc(-n2cccn2)n1. The maximum absolute atomic E-state index is 9.30. The van der Waals surface area contributed by atoms with E-state index in [0.717, 1.165) is 12.8 Å². The van der Waals surface area contributed by atoms with Crippen molar-refractivity contribution < 1.29 is 5.11 Å². The molecule has 2 rings (SSSR count). The minimum absolute atomic E-state index is 0.0247. The van der Waals surface area contributed by atoms with E-state index in [9.17, 15) is 5.11 Å². The zero-order chi connectivity index (χ0) is 15.2. The van der Waals surface area contributed by atoms with Gasteiger partial charge in [0.15, 0.2) is 0 Å². The number of anilines is 1. The Morgan fingerprint density at radius 1 is 1.29 bits per heavy atom. The van der Waals surface area contributed by atoms with Gasteiger partial charge in [0.2, 0.25) is 11.2 Å². The van der Waals surface area contributed by atoms with Crippen LogP contribution >= 0.6 is 11.6 Å². The number of aliphatic hydroxyl groups excluding tert-OH is 1. The van der Waals surface area contributed by atoms with E-state index in [4.69, 9.17) is 11.6 Å². The number of aromatic nitrogens is 5. The number of rotatable bonds is 7. The van der Waals surface area contributed by atoms with Crippen LogP contribution in [-0.4, -0.2) is 49.0 Å². The van der Waals surface area contributed by atoms with Crippen LogP contribution in [0, 0.1) is 0 Å². The van der Waals surface area contributed by atoms with Gasteiger partial charge in [-0.2, -0.15) is 20.1 Å². The van der Waals surface area contributed by atoms with Crippen molar-refractivity contribution in [3.8, 4) is 5.95 Å². The number of hydrogen-bond donors (Lipinski definition) is 1. The van der Waals surface area contributed by atoms with Gasteiger partial charge in [-0.15, -0.1) is 0 Å². The van der Waals surface area contributed by atoms with Crippen LogP contribution in [0.25, 0.3) is 5.95 Å². The summed E-state index contributed by atoms with van der Waals surface area (Å²) in [7, 11) is 0. The van der Waals surface area contributed by atoms with Gasteiger partial charge in [-0.1, -0.05) is 13.8 Å². The number of hydrogen-bond acceptors (Lipinski definition) is 6. The van der Waals surface area contributed by atoms with E-state index < -0.39 is 0 Å². The molecule has 21 heavy (non-hydrogen) atoms. The van der Waals surface area contributed by atoms with Crippen molar-refractivity contribution in [3.63, 3.8) is 0 Å². The summed E-state index contributed by atoms with van der Waals surface area (Å²) < 4.78 is 1.53. The van der Waals surface area contributed by atoms with Crippen LogP contribution in [0.2, 0.25) is 5.28 Å². The van der Waals surface area contributed by atoms with Crippen LogP contribution in [0.4, 0.5) is 5.95 Å². The molecule has 2 aromatic rings. The first kappa shape index (κ1) is 15.7. The van der Waals surface area contributed by atoms with Gasteiger partial charge in [0.1, 0.15) is 0 Å². The third kappa shape index (κ3) is 3.68. The predicted octanol–water partition coefficient (Wildman–Crippen LogP) is 1.70. The minimum Gasteiger partial charge on any atom is -0.395 e. The second-order valence-electron chi connectivity index (χ2n) is 4.54. The fourth-order valence-electron chi connectivity index (χ4n) is 2.23. The average molecular weight is 311 g/mol. The van der Waals surface area contributed by atoms with Gasteiger partial charge in [-0.3, -0.25) is 0 Å². The zero-order valence-corrected chi connectivity index (χ0v) is 12.9. The molecule has 114 valence electrons. The molecule has 0 atom stereocenters. The normalized spacial score (nSPS) is 11.1. The van der Waals surface area contributed by atoms with Crippen LogP contribution in [0.5, 0.6) is 0 Å². The van der Waals surface area contributed by atoms with E-state index in [-0.39, 0.29) is 17.9 Å². The molecule has 0 aromatic carbocycles. The lowest BCUT2D eigenvalue weighted by molar-refractivity contribution is 0.295. The van der Waals surface area contributed by atoms with Gasteiger partial charge < -0.3 is 10.0 Å². The lowest BCUT2D eigenvalue weighted by Gasteiger charge is -2.30. The second kappa shape index (κ2) is 7.33. The summed E-state index contributed by atoms with van der Waals surface area (Å²) in [4.78, 5) is 14.7. The Morgan fingerprint density at radius 3 is 2.62 bits per heavy atom. The summed E-state index contributed by atoms with van der Waals surface area (Å²) in [5.41, 5.74) is 0. The first-order valence-corrected chi connectivity index (χ1v) is 7.36. The van der Waals surface area contributed by atoms with Crippen LogP contribution < -0.4 is 4.90 Å². The first-order valence-electron chi connectivity index (χ1n) is 6.98. The summed E-state index contributed by atoms with van der Waals surface area (Å²) in [6.07, 6.45) is 5.24. The number of nitrogens with zero attached hydrogens (tertiary/aromatic N) is 6. The summed E-state index contributed by atoms with van der Waals surface area (Å²) in [6.45, 7) is 4.66. The molecule has 8 heteroatoms. The number of aliphatic hydroxyl groups is 1. The van der Waals surface area contributed by atoms with E-state index >= 15 is 0 Å². The Morgan fingerprint density at radius 2 is 2.05 bits per heavy atom. The standard InChI is InChI=1S/C13H19ClN6O/c1-3-10(4-2)19(8-9-21)12-16-11(14)17-13(18-12)20-7-5-6-15-20/h5-7,10,21H,3-4,8-9H2,1-2H3. The minimum atomic E-state index is 0.0247. The monoisotopic (exact) mass is 310 g/mol. The van der Waals surface area contributed by atoms with Crippen molar-refractivity contribution in [2.24, 2.45) is 0 Å². The summed E-state index contributed by atoms with van der Waals surface area (Å²) in [5, 5.41) is 13.5. The van der Waals surface area contributed by atoms with E-state index in [1.165, 1.54) is 4.68 Å². The smallest absolute Gasteiger partial charge is 0.256 e. The van der Waals surface area contributed by atoms with Crippen LogP contribution in [0.3, 0.4) is 0 Å². The van der Waals surface area contributed by atoms with Crippen molar-refractivity contribution in [1.82, 2.24) is 24.7 Å². The zero-order valence-electron chi connectivity index (χ0n) is 12.1. The molecule has 0 unspecified atom stereocenters. The Bertz CT molecular complexity index is 558. The molecule has 0 aliphatic carbocycles. The van der Waals surface area contributed by atoms with Crippen LogP contribution in [0.15, 0.2) is 18.5 Å². The maximum Gasteiger partial charge on any atom is 0.256 e. The highest BCUT2D eigenvalue weighted by molar-refractivity contribution is 6.28. The molecule has 0 saturated heterocycles. The fourth-order valence-corrected chi connectivity index (χ4v) is 2.38. The molecule has 0 amide bonds. The molecule has 0 aliphatic rings. The maximum atomic E-state index is 9.30. The molecule has 2 heterocycles. The predicted molar refractivity (Wildman–Crippen MR) is 80.8 cm³/mol. The Labute approximate surface area is 128 Å². The molecule has 0 radical (unpaired) electrons. The molecule has 0 saturated carbocycles. The van der Waals surface area contributed by atoms with E-state index in [1.54, 1.807) is 18.5 Å². The first-order chi connectivity index (χ1) is 10.2. The largest absolute Gasteiger partial charge is 0.395 e. The quantitative estimate of drug-likeness (QED) is 0.838. The molecule has 0 spiro atoms. The highest BCUT2D eigenvalue weighted by Crippen LogP contribution is 2.18. The van der Waals surface area contributed by atoms with Gasteiger partial charge in [-0.05, 0) is 30.5 Å². The molecule has 0 bridgehead atoms. The van der Waals surface area contributed by atoms with Crippen molar-refractivity contribution in [3.05, 3.63) is 23.7 Å². The van der Waals surface area contributed by atoms with E-state index in [2.05, 4.69) is 33.9 Å². The second-order valence-corrected chi connectivity index (χ2v) is 4.88. The highest BCUT2D eigenvalue weighted by atomic mass is 35.5. The van der Waals surface area contributed by atoms with Crippen LogP contribution in [0.1, 0.15) is 26.7 Å². The van der Waals surface area contributed by atoms with Gasteiger partial charge in [-0.25, -0.2) is 4.68 Å². The summed E-state index contributed by atoms with van der Waals surface area (Å²) in [5.74, 6) is 0.826. The molecule has 2 aromatic heterocycles. The third-order valence-corrected chi connectivity index (χ3v) is 3.44. The van der Waals surface area contributed by atoms with E-state index in [0.29, 0.717) is 18.4 Å². The van der Waals surface area contributed by atoms with Gasteiger partial charge in [0, 0.05) is 25.0 Å². The van der Waals surface area contributed by atoms with Crippen molar-refractivity contribution in [2.75, 3.05) is 18.1 Å². The average Bonchev–Trinajstić information content (AvgIpc) is 3.01. The lowest BCUT2D eigenvalue weighted by Crippen LogP contribution is -2.38. The molecule has 1 N–H and O–H groups in total. The fraction of sp³-hybridized carbons (Fsp3) is 0.538. The molecule has 7 nitrogen and oxygen atoms in total. The van der Waals surface area contributed by atoms with Gasteiger partial charge in [0.25, 0.3) is 5.95 Å². The summed E-state index contributed by atoms with van der Waals surface area (Å²) >= 11 is 6.01.